The fourth-order valence-electron chi connectivity index (χ4n) is 1.70. The number of nitrogens with zero attached hydrogens (tertiary/aromatic N) is 1. The number of piperidine rings is 1. The van der Waals surface area contributed by atoms with E-state index in [0.717, 1.165) is 6.41 Å². The summed E-state index contributed by atoms with van der Waals surface area (Å²) >= 11 is 0. The van der Waals surface area contributed by atoms with Crippen molar-refractivity contribution >= 4 is 12.5 Å². The van der Waals surface area contributed by atoms with Crippen LogP contribution >= 0.6 is 0 Å². The predicted molar refractivity (Wildman–Crippen MR) is 63.4 cm³/mol. The van der Waals surface area contributed by atoms with E-state index in [1.807, 2.05) is 0 Å². The number of amides is 2. The molecule has 0 spiro atoms. The topological polar surface area (TPSA) is 84.7 Å². The van der Waals surface area contributed by atoms with Crippen molar-refractivity contribution in [1.82, 2.24) is 10.2 Å². The van der Waals surface area contributed by atoms with Crippen molar-refractivity contribution in [3.8, 4) is 0 Å². The smallest absolute Gasteiger partial charge is 0.407 e. The molecule has 3 N–H and O–H groups in total. The Morgan fingerprint density at radius 3 is 2.71 bits per heavy atom. The predicted octanol–water partition coefficient (Wildman–Crippen LogP) is 0.0691. The van der Waals surface area contributed by atoms with Gasteiger partial charge in [-0.1, -0.05) is 0 Å². The van der Waals surface area contributed by atoms with Crippen LogP contribution in [0.15, 0.2) is 0 Å². The van der Waals surface area contributed by atoms with Crippen molar-refractivity contribution in [3.63, 3.8) is 0 Å². The maximum Gasteiger partial charge on any atom is 0.407 e. The molecule has 0 unspecified atom stereocenters. The van der Waals surface area contributed by atoms with Gasteiger partial charge in [0.1, 0.15) is 5.60 Å². The van der Waals surface area contributed by atoms with Crippen LogP contribution in [0.4, 0.5) is 4.79 Å². The number of rotatable bonds is 2. The summed E-state index contributed by atoms with van der Waals surface area (Å²) in [4.78, 5) is 23.8. The van der Waals surface area contributed by atoms with Gasteiger partial charge in [0.2, 0.25) is 6.41 Å². The first-order valence-electron chi connectivity index (χ1n) is 5.76. The molecule has 1 aliphatic rings. The van der Waals surface area contributed by atoms with E-state index >= 15 is 0 Å². The molecular formula is C11H21N3O3. The number of nitrogens with one attached hydrogen (secondary N) is 1. The number of ether oxygens (including phenoxy) is 1. The Labute approximate surface area is 101 Å². The molecule has 0 aromatic heterocycles. The normalized spacial score (nSPS) is 25.3. The van der Waals surface area contributed by atoms with Crippen molar-refractivity contribution in [2.24, 2.45) is 5.73 Å². The fourth-order valence-corrected chi connectivity index (χ4v) is 1.70. The van der Waals surface area contributed by atoms with Crippen molar-refractivity contribution in [2.75, 3.05) is 13.1 Å². The van der Waals surface area contributed by atoms with Crippen LogP contribution in [0.25, 0.3) is 0 Å². The molecule has 6 nitrogen and oxygen atoms in total. The highest BCUT2D eigenvalue weighted by Crippen LogP contribution is 2.10. The molecule has 0 aromatic rings. The lowest BCUT2D eigenvalue weighted by Crippen LogP contribution is -2.58. The van der Waals surface area contributed by atoms with E-state index in [1.54, 1.807) is 25.7 Å². The largest absolute Gasteiger partial charge is 0.444 e. The Morgan fingerprint density at radius 2 is 2.18 bits per heavy atom. The minimum absolute atomic E-state index is 0.140. The van der Waals surface area contributed by atoms with Gasteiger partial charge in [-0.3, -0.25) is 4.79 Å². The molecule has 17 heavy (non-hydrogen) atoms. The summed E-state index contributed by atoms with van der Waals surface area (Å²) in [5.41, 5.74) is 5.36. The number of hydrogen-bond acceptors (Lipinski definition) is 4. The van der Waals surface area contributed by atoms with Crippen molar-refractivity contribution in [3.05, 3.63) is 0 Å². The third kappa shape index (κ3) is 4.60. The van der Waals surface area contributed by atoms with Crippen LogP contribution < -0.4 is 11.1 Å². The maximum absolute atomic E-state index is 11.6. The third-order valence-electron chi connectivity index (χ3n) is 2.55. The second-order valence-corrected chi connectivity index (χ2v) is 5.31. The number of carbonyl (C=O) groups is 2. The Bertz CT molecular complexity index is 288. The minimum Gasteiger partial charge on any atom is -0.444 e. The zero-order chi connectivity index (χ0) is 13.1. The minimum atomic E-state index is -0.535. The second kappa shape index (κ2) is 5.35. The summed E-state index contributed by atoms with van der Waals surface area (Å²) in [6.07, 6.45) is 0.959. The average Bonchev–Trinajstić information content (AvgIpc) is 2.18. The first-order chi connectivity index (χ1) is 7.81. The fraction of sp³-hybridized carbons (Fsp3) is 0.818. The number of carbonyl (C=O) groups excluding carboxylic acids is 2. The lowest BCUT2D eigenvalue weighted by molar-refractivity contribution is -0.119. The summed E-state index contributed by atoms with van der Waals surface area (Å²) in [5, 5.41) is 2.70. The molecule has 2 atom stereocenters. The molecule has 2 amide bonds. The van der Waals surface area contributed by atoms with E-state index in [1.165, 1.54) is 0 Å². The van der Waals surface area contributed by atoms with Gasteiger partial charge in [-0.2, -0.15) is 0 Å². The van der Waals surface area contributed by atoms with Gasteiger partial charge in [-0.25, -0.2) is 4.79 Å². The Morgan fingerprint density at radius 1 is 1.53 bits per heavy atom. The van der Waals surface area contributed by atoms with Crippen LogP contribution in [0.3, 0.4) is 0 Å². The van der Waals surface area contributed by atoms with Gasteiger partial charge in [-0.15, -0.1) is 0 Å². The van der Waals surface area contributed by atoms with E-state index in [2.05, 4.69) is 5.32 Å². The molecule has 1 saturated heterocycles. The summed E-state index contributed by atoms with van der Waals surface area (Å²) in [6, 6.07) is -0.387. The maximum atomic E-state index is 11.6. The van der Waals surface area contributed by atoms with E-state index in [0.29, 0.717) is 19.5 Å². The van der Waals surface area contributed by atoms with Gasteiger partial charge in [0.05, 0.1) is 6.04 Å². The van der Waals surface area contributed by atoms with E-state index in [9.17, 15) is 9.59 Å². The summed E-state index contributed by atoms with van der Waals surface area (Å²) in [6.45, 7) is 6.46. The first-order valence-corrected chi connectivity index (χ1v) is 5.76. The van der Waals surface area contributed by atoms with Crippen molar-refractivity contribution in [1.29, 1.82) is 0 Å². The molecule has 1 fully saturated rings. The second-order valence-electron chi connectivity index (χ2n) is 5.31. The molecule has 1 heterocycles. The van der Waals surface area contributed by atoms with Crippen LogP contribution in [0.1, 0.15) is 27.2 Å². The van der Waals surface area contributed by atoms with Crippen LogP contribution in [0.2, 0.25) is 0 Å². The molecule has 6 heteroatoms. The Kier molecular flexibility index (Phi) is 4.34. The van der Waals surface area contributed by atoms with Gasteiger partial charge < -0.3 is 20.7 Å². The summed E-state index contributed by atoms with van der Waals surface area (Å²) < 4.78 is 5.15. The summed E-state index contributed by atoms with van der Waals surface area (Å²) in [7, 11) is 0. The van der Waals surface area contributed by atoms with E-state index in [-0.39, 0.29) is 12.1 Å². The molecule has 0 aliphatic carbocycles. The highest BCUT2D eigenvalue weighted by Gasteiger charge is 2.28. The lowest BCUT2D eigenvalue weighted by Gasteiger charge is -2.35. The zero-order valence-electron chi connectivity index (χ0n) is 10.6. The van der Waals surface area contributed by atoms with Crippen LogP contribution in [-0.4, -0.2) is 48.2 Å². The zero-order valence-corrected chi connectivity index (χ0v) is 10.6. The number of hydrogen-bond donors (Lipinski definition) is 2. The highest BCUT2D eigenvalue weighted by molar-refractivity contribution is 5.68. The quantitative estimate of drug-likeness (QED) is 0.672. The molecular weight excluding hydrogens is 222 g/mol. The van der Waals surface area contributed by atoms with Crippen molar-refractivity contribution in [2.45, 2.75) is 44.9 Å². The molecule has 98 valence electrons. The lowest BCUT2D eigenvalue weighted by atomic mass is 10.0. The standard InChI is InChI=1S/C11H21N3O3/c1-11(2,3)17-10(16)13-9-6-14(7-15)5-4-8(9)12/h7-9H,4-6,12H2,1-3H3,(H,13,16)/t8-,9+/m0/s1. The first kappa shape index (κ1) is 13.8. The van der Waals surface area contributed by atoms with E-state index < -0.39 is 11.7 Å². The number of likely N-dealkylation sites (tertiary alicyclic amines) is 1. The van der Waals surface area contributed by atoms with Gasteiger partial charge in [0.15, 0.2) is 0 Å². The average molecular weight is 243 g/mol. The number of alkyl carbamates (subject to hydrolysis) is 1. The third-order valence-corrected chi connectivity index (χ3v) is 2.55. The molecule has 0 bridgehead atoms. The molecule has 1 aliphatic heterocycles. The van der Waals surface area contributed by atoms with Gasteiger partial charge >= 0.3 is 6.09 Å². The molecule has 0 radical (unpaired) electrons. The Balaban J connectivity index is 2.48. The van der Waals surface area contributed by atoms with E-state index in [4.69, 9.17) is 10.5 Å². The monoisotopic (exact) mass is 243 g/mol. The highest BCUT2D eigenvalue weighted by atomic mass is 16.6. The number of nitrogens with two attached hydrogens (primary N) is 1. The summed E-state index contributed by atoms with van der Waals surface area (Å²) in [5.74, 6) is 0. The molecule has 0 saturated carbocycles. The Hall–Kier alpha value is -1.30. The van der Waals surface area contributed by atoms with Gasteiger partial charge in [0.25, 0.3) is 0 Å². The SMILES string of the molecule is CC(C)(C)OC(=O)N[C@@H]1CN(C=O)CC[C@@H]1N. The van der Waals surface area contributed by atoms with Crippen LogP contribution in [0.5, 0.6) is 0 Å². The van der Waals surface area contributed by atoms with Crippen molar-refractivity contribution < 1.29 is 14.3 Å². The van der Waals surface area contributed by atoms with Crippen LogP contribution in [0, 0.1) is 0 Å². The van der Waals surface area contributed by atoms with Crippen LogP contribution in [-0.2, 0) is 9.53 Å². The van der Waals surface area contributed by atoms with Gasteiger partial charge in [-0.05, 0) is 27.2 Å². The van der Waals surface area contributed by atoms with Gasteiger partial charge in [0, 0.05) is 19.1 Å². The molecule has 1 rings (SSSR count). The molecule has 0 aromatic carbocycles.